The molecule has 0 aliphatic rings. The summed E-state index contributed by atoms with van der Waals surface area (Å²) in [5.74, 6) is -0.225. The number of nitrogens with one attached hydrogen (secondary N) is 2. The summed E-state index contributed by atoms with van der Waals surface area (Å²) < 4.78 is 0.803. The Balaban J connectivity index is 1.88. The maximum absolute atomic E-state index is 11.8. The lowest BCUT2D eigenvalue weighted by atomic mass is 10.1. The van der Waals surface area contributed by atoms with Gasteiger partial charge < -0.3 is 5.32 Å². The SMILES string of the molecule is CC(=NNC(=O)CNc1ccc(Cl)cc1Br)c1ccccc1. The molecule has 0 aliphatic carbocycles. The number of anilines is 1. The van der Waals surface area contributed by atoms with E-state index >= 15 is 0 Å². The van der Waals surface area contributed by atoms with Crippen molar-refractivity contribution in [3.05, 3.63) is 63.6 Å². The number of carbonyl (C=O) groups excluding carboxylic acids is 1. The first-order valence-electron chi connectivity index (χ1n) is 6.64. The maximum atomic E-state index is 11.8. The highest BCUT2D eigenvalue weighted by Gasteiger charge is 2.04. The van der Waals surface area contributed by atoms with Gasteiger partial charge in [-0.05, 0) is 46.6 Å². The molecule has 4 nitrogen and oxygen atoms in total. The van der Waals surface area contributed by atoms with E-state index in [9.17, 15) is 4.79 Å². The Morgan fingerprint density at radius 1 is 1.23 bits per heavy atom. The lowest BCUT2D eigenvalue weighted by Gasteiger charge is -2.08. The summed E-state index contributed by atoms with van der Waals surface area (Å²) in [6.45, 7) is 1.96. The second kappa shape index (κ2) is 7.96. The first-order valence-corrected chi connectivity index (χ1v) is 7.81. The van der Waals surface area contributed by atoms with E-state index in [0.717, 1.165) is 21.4 Å². The monoisotopic (exact) mass is 379 g/mol. The molecule has 114 valence electrons. The third kappa shape index (κ3) is 4.86. The molecule has 0 heterocycles. The van der Waals surface area contributed by atoms with E-state index in [1.807, 2.05) is 37.3 Å². The van der Waals surface area contributed by atoms with Crippen LogP contribution in [0.5, 0.6) is 0 Å². The van der Waals surface area contributed by atoms with Crippen molar-refractivity contribution in [2.75, 3.05) is 11.9 Å². The number of halogens is 2. The van der Waals surface area contributed by atoms with Gasteiger partial charge in [-0.1, -0.05) is 41.9 Å². The molecule has 2 N–H and O–H groups in total. The minimum atomic E-state index is -0.225. The fraction of sp³-hybridized carbons (Fsp3) is 0.125. The van der Waals surface area contributed by atoms with Gasteiger partial charge in [0, 0.05) is 15.2 Å². The van der Waals surface area contributed by atoms with Crippen LogP contribution in [0.4, 0.5) is 5.69 Å². The van der Waals surface area contributed by atoms with E-state index < -0.39 is 0 Å². The van der Waals surface area contributed by atoms with E-state index in [1.54, 1.807) is 18.2 Å². The number of rotatable bonds is 5. The molecule has 0 unspecified atom stereocenters. The van der Waals surface area contributed by atoms with Crippen LogP contribution in [0, 0.1) is 0 Å². The van der Waals surface area contributed by atoms with Gasteiger partial charge in [0.2, 0.25) is 0 Å². The van der Waals surface area contributed by atoms with Crippen LogP contribution < -0.4 is 10.7 Å². The van der Waals surface area contributed by atoms with Crippen LogP contribution in [0.1, 0.15) is 12.5 Å². The Kier molecular flexibility index (Phi) is 5.98. The second-order valence-electron chi connectivity index (χ2n) is 4.58. The Labute approximate surface area is 142 Å². The average molecular weight is 381 g/mol. The molecule has 0 aromatic heterocycles. The molecular formula is C16H15BrClN3O. The maximum Gasteiger partial charge on any atom is 0.259 e. The summed E-state index contributed by atoms with van der Waals surface area (Å²) in [7, 11) is 0. The minimum Gasteiger partial charge on any atom is -0.375 e. The smallest absolute Gasteiger partial charge is 0.259 e. The predicted molar refractivity (Wildman–Crippen MR) is 94.4 cm³/mol. The zero-order valence-corrected chi connectivity index (χ0v) is 14.3. The Bertz CT molecular complexity index is 689. The molecule has 6 heteroatoms. The van der Waals surface area contributed by atoms with Crippen LogP contribution in [0.3, 0.4) is 0 Å². The zero-order valence-electron chi connectivity index (χ0n) is 11.9. The number of hydrazone groups is 1. The predicted octanol–water partition coefficient (Wildman–Crippen LogP) is 4.05. The number of nitrogens with zero attached hydrogens (tertiary/aromatic N) is 1. The van der Waals surface area contributed by atoms with Crippen molar-refractivity contribution in [2.24, 2.45) is 5.10 Å². The quantitative estimate of drug-likeness (QED) is 0.607. The number of carbonyl (C=O) groups is 1. The molecule has 0 spiro atoms. The average Bonchev–Trinajstić information content (AvgIpc) is 2.52. The highest BCUT2D eigenvalue weighted by Crippen LogP contribution is 2.25. The Morgan fingerprint density at radius 3 is 2.64 bits per heavy atom. The molecule has 0 atom stereocenters. The summed E-state index contributed by atoms with van der Waals surface area (Å²) in [5.41, 5.74) is 5.04. The molecule has 2 aromatic rings. The highest BCUT2D eigenvalue weighted by molar-refractivity contribution is 9.10. The Hall–Kier alpha value is -1.85. The van der Waals surface area contributed by atoms with Crippen molar-refractivity contribution >= 4 is 44.8 Å². The molecule has 0 saturated heterocycles. The van der Waals surface area contributed by atoms with E-state index in [0.29, 0.717) is 5.02 Å². The van der Waals surface area contributed by atoms with E-state index in [4.69, 9.17) is 11.6 Å². The molecule has 0 aliphatic heterocycles. The molecule has 0 bridgehead atoms. The standard InChI is InChI=1S/C16H15BrClN3O/c1-11(12-5-3-2-4-6-12)20-21-16(22)10-19-15-8-7-13(18)9-14(15)17/h2-9,19H,10H2,1H3,(H,21,22). The van der Waals surface area contributed by atoms with E-state index in [-0.39, 0.29) is 12.5 Å². The molecule has 2 aromatic carbocycles. The molecule has 0 radical (unpaired) electrons. The highest BCUT2D eigenvalue weighted by atomic mass is 79.9. The first kappa shape index (κ1) is 16.5. The Morgan fingerprint density at radius 2 is 1.95 bits per heavy atom. The lowest BCUT2D eigenvalue weighted by Crippen LogP contribution is -2.26. The van der Waals surface area contributed by atoms with Crippen molar-refractivity contribution in [2.45, 2.75) is 6.92 Å². The van der Waals surface area contributed by atoms with Crippen LogP contribution in [0.25, 0.3) is 0 Å². The van der Waals surface area contributed by atoms with Gasteiger partial charge in [0.25, 0.3) is 5.91 Å². The number of hydrogen-bond acceptors (Lipinski definition) is 3. The molecule has 2 rings (SSSR count). The van der Waals surface area contributed by atoms with Gasteiger partial charge in [0.15, 0.2) is 0 Å². The third-order valence-electron chi connectivity index (χ3n) is 2.91. The van der Waals surface area contributed by atoms with Crippen molar-refractivity contribution in [3.8, 4) is 0 Å². The van der Waals surface area contributed by atoms with Gasteiger partial charge in [-0.25, -0.2) is 5.43 Å². The van der Waals surface area contributed by atoms with Crippen LogP contribution >= 0.6 is 27.5 Å². The van der Waals surface area contributed by atoms with Crippen LogP contribution in [-0.2, 0) is 4.79 Å². The van der Waals surface area contributed by atoms with Crippen molar-refractivity contribution < 1.29 is 4.79 Å². The first-order chi connectivity index (χ1) is 10.6. The molecule has 0 fully saturated rings. The summed E-state index contributed by atoms with van der Waals surface area (Å²) in [6, 6.07) is 15.0. The summed E-state index contributed by atoms with van der Waals surface area (Å²) >= 11 is 9.25. The third-order valence-corrected chi connectivity index (χ3v) is 3.80. The van der Waals surface area contributed by atoms with Crippen LogP contribution in [-0.4, -0.2) is 18.2 Å². The topological polar surface area (TPSA) is 53.5 Å². The number of benzene rings is 2. The van der Waals surface area contributed by atoms with E-state index in [2.05, 4.69) is 31.8 Å². The van der Waals surface area contributed by atoms with E-state index in [1.165, 1.54) is 0 Å². The van der Waals surface area contributed by atoms with Crippen molar-refractivity contribution in [1.29, 1.82) is 0 Å². The fourth-order valence-electron chi connectivity index (χ4n) is 1.74. The second-order valence-corrected chi connectivity index (χ2v) is 5.87. The summed E-state index contributed by atoms with van der Waals surface area (Å²) in [6.07, 6.45) is 0. The lowest BCUT2D eigenvalue weighted by molar-refractivity contribution is -0.119. The molecule has 22 heavy (non-hydrogen) atoms. The van der Waals surface area contributed by atoms with Crippen molar-refractivity contribution in [1.82, 2.24) is 5.43 Å². The minimum absolute atomic E-state index is 0.117. The van der Waals surface area contributed by atoms with Crippen molar-refractivity contribution in [3.63, 3.8) is 0 Å². The van der Waals surface area contributed by atoms with Gasteiger partial charge in [-0.2, -0.15) is 5.10 Å². The van der Waals surface area contributed by atoms with Gasteiger partial charge in [-0.15, -0.1) is 0 Å². The normalized spacial score (nSPS) is 11.1. The van der Waals surface area contributed by atoms with Gasteiger partial charge in [0.05, 0.1) is 12.3 Å². The molecular weight excluding hydrogens is 366 g/mol. The fourth-order valence-corrected chi connectivity index (χ4v) is 2.56. The van der Waals surface area contributed by atoms with Crippen LogP contribution in [0.15, 0.2) is 58.1 Å². The largest absolute Gasteiger partial charge is 0.375 e. The van der Waals surface area contributed by atoms with Gasteiger partial charge in [-0.3, -0.25) is 4.79 Å². The van der Waals surface area contributed by atoms with Crippen LogP contribution in [0.2, 0.25) is 5.02 Å². The summed E-state index contributed by atoms with van der Waals surface area (Å²) in [5, 5.41) is 7.73. The zero-order chi connectivity index (χ0) is 15.9. The summed E-state index contributed by atoms with van der Waals surface area (Å²) in [4.78, 5) is 11.8. The number of amides is 1. The molecule has 0 saturated carbocycles. The molecule has 1 amide bonds. The van der Waals surface area contributed by atoms with Gasteiger partial charge >= 0.3 is 0 Å². The van der Waals surface area contributed by atoms with Gasteiger partial charge in [0.1, 0.15) is 0 Å². The number of hydrogen-bond donors (Lipinski definition) is 2.